The van der Waals surface area contributed by atoms with Gasteiger partial charge in [0.25, 0.3) is 11.5 Å². The zero-order valence-electron chi connectivity index (χ0n) is 16.0. The Bertz CT molecular complexity index is 1270. The summed E-state index contributed by atoms with van der Waals surface area (Å²) in [6, 6.07) is 12.4. The second-order valence-electron chi connectivity index (χ2n) is 6.95. The van der Waals surface area contributed by atoms with Gasteiger partial charge in [0.05, 0.1) is 41.7 Å². The molecule has 1 saturated heterocycles. The lowest BCUT2D eigenvalue weighted by Crippen LogP contribution is -2.40. The number of amides is 1. The van der Waals surface area contributed by atoms with Crippen LogP contribution in [0, 0.1) is 0 Å². The quantitative estimate of drug-likeness (QED) is 0.558. The molecule has 4 aromatic rings. The summed E-state index contributed by atoms with van der Waals surface area (Å²) in [5.74, 6) is -0.0145. The number of aromatic amines is 1. The van der Waals surface area contributed by atoms with E-state index < -0.39 is 0 Å². The molecule has 1 aliphatic rings. The van der Waals surface area contributed by atoms with E-state index in [4.69, 9.17) is 4.74 Å². The van der Waals surface area contributed by atoms with Crippen LogP contribution < -0.4 is 5.56 Å². The Morgan fingerprint density at radius 3 is 2.70 bits per heavy atom. The normalized spacial score (nSPS) is 14.2. The van der Waals surface area contributed by atoms with E-state index in [1.807, 2.05) is 0 Å². The first-order valence-corrected chi connectivity index (χ1v) is 9.57. The number of pyridine rings is 2. The molecule has 1 fully saturated rings. The van der Waals surface area contributed by atoms with Crippen molar-refractivity contribution in [1.82, 2.24) is 29.9 Å². The van der Waals surface area contributed by atoms with Gasteiger partial charge in [0.1, 0.15) is 5.69 Å². The first kappa shape index (κ1) is 18.2. The van der Waals surface area contributed by atoms with Crippen LogP contribution in [0.25, 0.3) is 28.0 Å². The van der Waals surface area contributed by atoms with Crippen LogP contribution in [0.1, 0.15) is 10.4 Å². The summed E-state index contributed by atoms with van der Waals surface area (Å²) in [5.41, 5.74) is 3.27. The van der Waals surface area contributed by atoms with Crippen molar-refractivity contribution in [3.05, 3.63) is 70.8 Å². The Hall–Kier alpha value is -3.85. The number of hydrogen-bond donors (Lipinski definition) is 1. The molecule has 0 unspecified atom stereocenters. The van der Waals surface area contributed by atoms with Crippen molar-refractivity contribution >= 4 is 16.9 Å². The monoisotopic (exact) mass is 402 g/mol. The summed E-state index contributed by atoms with van der Waals surface area (Å²) in [4.78, 5) is 33.9. The van der Waals surface area contributed by atoms with Crippen molar-refractivity contribution in [2.24, 2.45) is 0 Å². The number of nitrogens with one attached hydrogen (secondary N) is 1. The third-order valence-corrected chi connectivity index (χ3v) is 5.06. The number of rotatable bonds is 3. The maximum Gasteiger partial charge on any atom is 0.258 e. The van der Waals surface area contributed by atoms with Gasteiger partial charge < -0.3 is 14.6 Å². The highest BCUT2D eigenvalue weighted by atomic mass is 16.5. The van der Waals surface area contributed by atoms with Gasteiger partial charge in [-0.25, -0.2) is 4.68 Å². The summed E-state index contributed by atoms with van der Waals surface area (Å²) in [6.45, 7) is 2.33. The van der Waals surface area contributed by atoms with Gasteiger partial charge in [-0.15, -0.1) is 5.10 Å². The van der Waals surface area contributed by atoms with Crippen molar-refractivity contribution < 1.29 is 9.53 Å². The number of nitrogens with zero attached hydrogens (tertiary/aromatic N) is 5. The number of carbonyl (C=O) groups is 1. The molecule has 0 spiro atoms. The number of benzene rings is 1. The second kappa shape index (κ2) is 7.53. The zero-order chi connectivity index (χ0) is 20.5. The molecule has 1 aliphatic heterocycles. The van der Waals surface area contributed by atoms with Gasteiger partial charge in [0.15, 0.2) is 0 Å². The molecule has 9 heteroatoms. The smallest absolute Gasteiger partial charge is 0.258 e. The van der Waals surface area contributed by atoms with E-state index >= 15 is 0 Å². The lowest BCUT2D eigenvalue weighted by atomic mass is 10.1. The minimum atomic E-state index is -0.256. The van der Waals surface area contributed by atoms with E-state index in [2.05, 4.69) is 20.3 Å². The van der Waals surface area contributed by atoms with Crippen LogP contribution in [-0.2, 0) is 4.74 Å². The van der Waals surface area contributed by atoms with E-state index in [0.29, 0.717) is 54.2 Å². The Morgan fingerprint density at radius 2 is 1.90 bits per heavy atom. The fourth-order valence-electron chi connectivity index (χ4n) is 3.44. The lowest BCUT2D eigenvalue weighted by Gasteiger charge is -2.26. The molecule has 3 aromatic heterocycles. The highest BCUT2D eigenvalue weighted by Crippen LogP contribution is 2.18. The minimum Gasteiger partial charge on any atom is -0.378 e. The van der Waals surface area contributed by atoms with E-state index in [1.54, 1.807) is 64.4 Å². The molecule has 150 valence electrons. The molecule has 0 aliphatic carbocycles. The van der Waals surface area contributed by atoms with Gasteiger partial charge >= 0.3 is 0 Å². The Kier molecular flexibility index (Phi) is 4.56. The van der Waals surface area contributed by atoms with Gasteiger partial charge in [0.2, 0.25) is 0 Å². The number of morpholine rings is 1. The highest BCUT2D eigenvalue weighted by Gasteiger charge is 2.18. The predicted octanol–water partition coefficient (Wildman–Crippen LogP) is 1.64. The third-order valence-electron chi connectivity index (χ3n) is 5.06. The van der Waals surface area contributed by atoms with Crippen LogP contribution in [0.2, 0.25) is 0 Å². The second-order valence-corrected chi connectivity index (χ2v) is 6.95. The molecule has 1 aromatic carbocycles. The minimum absolute atomic E-state index is 0.0145. The van der Waals surface area contributed by atoms with Crippen molar-refractivity contribution in [2.75, 3.05) is 26.3 Å². The third kappa shape index (κ3) is 3.35. The predicted molar refractivity (Wildman–Crippen MR) is 109 cm³/mol. The summed E-state index contributed by atoms with van der Waals surface area (Å²) >= 11 is 0. The number of carbonyl (C=O) groups excluding carboxylic acids is 1. The molecule has 0 radical (unpaired) electrons. The number of aromatic nitrogens is 5. The van der Waals surface area contributed by atoms with Crippen molar-refractivity contribution in [2.45, 2.75) is 0 Å². The number of ether oxygens (including phenoxy) is 1. The molecule has 0 bridgehead atoms. The average molecular weight is 402 g/mol. The fraction of sp³-hybridized carbons (Fsp3) is 0.190. The average Bonchev–Trinajstić information content (AvgIpc) is 3.29. The van der Waals surface area contributed by atoms with Gasteiger partial charge in [0, 0.05) is 24.8 Å². The standard InChI is InChI=1S/C21H18N6O3/c28-20-16(12-18-17(23-20)2-1-7-22-18)19-13-27(25-24-19)15-5-3-14(4-6-15)21(29)26-8-10-30-11-9-26/h1-7,12-13H,8-11H2,(H,23,28). The van der Waals surface area contributed by atoms with Gasteiger partial charge in [-0.2, -0.15) is 0 Å². The molecule has 9 nitrogen and oxygen atoms in total. The van der Waals surface area contributed by atoms with Gasteiger partial charge in [-0.05, 0) is 42.5 Å². The van der Waals surface area contributed by atoms with E-state index in [1.165, 1.54) is 0 Å². The van der Waals surface area contributed by atoms with Crippen LogP contribution in [-0.4, -0.2) is 62.1 Å². The molecular weight excluding hydrogens is 384 g/mol. The molecule has 0 saturated carbocycles. The summed E-state index contributed by atoms with van der Waals surface area (Å²) in [6.07, 6.45) is 3.35. The highest BCUT2D eigenvalue weighted by molar-refractivity contribution is 5.94. The van der Waals surface area contributed by atoms with Crippen LogP contribution >= 0.6 is 0 Å². The molecule has 1 amide bonds. The van der Waals surface area contributed by atoms with Crippen LogP contribution in [0.5, 0.6) is 0 Å². The van der Waals surface area contributed by atoms with Gasteiger partial charge in [-0.1, -0.05) is 5.21 Å². The number of fused-ring (bicyclic) bond motifs is 1. The van der Waals surface area contributed by atoms with Crippen molar-refractivity contribution in [3.63, 3.8) is 0 Å². The summed E-state index contributed by atoms with van der Waals surface area (Å²) < 4.78 is 6.86. The van der Waals surface area contributed by atoms with E-state index in [-0.39, 0.29) is 11.5 Å². The largest absolute Gasteiger partial charge is 0.378 e. The van der Waals surface area contributed by atoms with Crippen LogP contribution in [0.4, 0.5) is 0 Å². The Labute approximate surface area is 170 Å². The van der Waals surface area contributed by atoms with Crippen molar-refractivity contribution in [3.8, 4) is 16.9 Å². The Balaban J connectivity index is 1.41. The summed E-state index contributed by atoms with van der Waals surface area (Å²) in [5, 5.41) is 8.27. The Morgan fingerprint density at radius 1 is 1.10 bits per heavy atom. The van der Waals surface area contributed by atoms with Crippen molar-refractivity contribution in [1.29, 1.82) is 0 Å². The van der Waals surface area contributed by atoms with Crippen LogP contribution in [0.3, 0.4) is 0 Å². The number of hydrogen-bond acceptors (Lipinski definition) is 6. The maximum absolute atomic E-state index is 12.6. The maximum atomic E-state index is 12.6. The molecule has 30 heavy (non-hydrogen) atoms. The van der Waals surface area contributed by atoms with Gasteiger partial charge in [-0.3, -0.25) is 14.6 Å². The fourth-order valence-corrected chi connectivity index (χ4v) is 3.44. The zero-order valence-corrected chi connectivity index (χ0v) is 16.0. The summed E-state index contributed by atoms with van der Waals surface area (Å²) in [7, 11) is 0. The topological polar surface area (TPSA) is 106 Å². The number of H-pyrrole nitrogens is 1. The van der Waals surface area contributed by atoms with Crippen LogP contribution in [0.15, 0.2) is 59.7 Å². The first-order chi connectivity index (χ1) is 14.7. The SMILES string of the molecule is O=C(c1ccc(-n2cc(-c3cc4ncccc4[nH]c3=O)nn2)cc1)N1CCOCC1. The molecule has 4 heterocycles. The molecule has 0 atom stereocenters. The molecule has 5 rings (SSSR count). The first-order valence-electron chi connectivity index (χ1n) is 9.57. The molecular formula is C21H18N6O3. The molecule has 1 N–H and O–H groups in total. The van der Waals surface area contributed by atoms with E-state index in [0.717, 1.165) is 5.69 Å². The lowest BCUT2D eigenvalue weighted by molar-refractivity contribution is 0.0303. The van der Waals surface area contributed by atoms with E-state index in [9.17, 15) is 9.59 Å².